The molecule has 5 heteroatoms. The van der Waals surface area contributed by atoms with Gasteiger partial charge in [0.2, 0.25) is 0 Å². The highest BCUT2D eigenvalue weighted by Crippen LogP contribution is 2.22. The Morgan fingerprint density at radius 2 is 2.00 bits per heavy atom. The Labute approximate surface area is 141 Å². The molecule has 0 aliphatic rings. The lowest BCUT2D eigenvalue weighted by molar-refractivity contribution is 0.102. The van der Waals surface area contributed by atoms with Gasteiger partial charge in [-0.3, -0.25) is 14.5 Å². The molecule has 0 fully saturated rings. The Hall–Kier alpha value is -2.95. The molecule has 0 spiro atoms. The first-order valence-electron chi connectivity index (χ1n) is 7.89. The summed E-state index contributed by atoms with van der Waals surface area (Å²) in [6.45, 7) is 4.16. The van der Waals surface area contributed by atoms with Gasteiger partial charge in [0.1, 0.15) is 0 Å². The van der Waals surface area contributed by atoms with Crippen LogP contribution in [0.25, 0.3) is 11.3 Å². The van der Waals surface area contributed by atoms with Gasteiger partial charge < -0.3 is 5.32 Å². The number of amides is 1. The predicted molar refractivity (Wildman–Crippen MR) is 94.9 cm³/mol. The van der Waals surface area contributed by atoms with Gasteiger partial charge in [-0.2, -0.15) is 5.10 Å². The van der Waals surface area contributed by atoms with Gasteiger partial charge in [-0.05, 0) is 35.7 Å². The maximum atomic E-state index is 12.5. The highest BCUT2D eigenvalue weighted by Gasteiger charge is 2.10. The second kappa shape index (κ2) is 6.66. The molecule has 0 saturated heterocycles. The number of pyridine rings is 1. The molecule has 1 N–H and O–H groups in total. The van der Waals surface area contributed by atoms with Crippen molar-refractivity contribution in [2.75, 3.05) is 5.32 Å². The van der Waals surface area contributed by atoms with Crippen LogP contribution in [0.1, 0.15) is 35.7 Å². The number of rotatable bonds is 4. The molecule has 0 unspecified atom stereocenters. The third-order valence-electron chi connectivity index (χ3n) is 3.93. The standard InChI is InChI=1S/C19H20N4O/c1-13(2)15-9-16(12-20-11-15)19(24)22-17-6-4-5-14(10-17)18-7-8-21-23(18)3/h4-13H,1-3H3,(H,22,24). The second-order valence-corrected chi connectivity index (χ2v) is 6.04. The number of nitrogens with one attached hydrogen (secondary N) is 1. The van der Waals surface area contributed by atoms with Crippen molar-refractivity contribution in [1.29, 1.82) is 0 Å². The molecule has 0 aliphatic heterocycles. The Morgan fingerprint density at radius 3 is 2.71 bits per heavy atom. The first-order chi connectivity index (χ1) is 11.5. The number of hydrogen-bond donors (Lipinski definition) is 1. The smallest absolute Gasteiger partial charge is 0.257 e. The Kier molecular flexibility index (Phi) is 4.42. The minimum atomic E-state index is -0.160. The molecule has 122 valence electrons. The zero-order valence-electron chi connectivity index (χ0n) is 14.0. The third-order valence-corrected chi connectivity index (χ3v) is 3.93. The zero-order valence-corrected chi connectivity index (χ0v) is 14.0. The number of anilines is 1. The van der Waals surface area contributed by atoms with Crippen LogP contribution >= 0.6 is 0 Å². The zero-order chi connectivity index (χ0) is 17.1. The van der Waals surface area contributed by atoms with Gasteiger partial charge in [-0.1, -0.05) is 26.0 Å². The molecule has 1 aromatic carbocycles. The number of benzene rings is 1. The average Bonchev–Trinajstić information content (AvgIpc) is 3.01. The molecule has 2 heterocycles. The van der Waals surface area contributed by atoms with Crippen LogP contribution in [0, 0.1) is 0 Å². The third kappa shape index (κ3) is 3.35. The molecule has 1 amide bonds. The van der Waals surface area contributed by atoms with Gasteiger partial charge in [0.25, 0.3) is 5.91 Å². The molecule has 3 aromatic rings. The summed E-state index contributed by atoms with van der Waals surface area (Å²) in [6, 6.07) is 11.6. The molecule has 24 heavy (non-hydrogen) atoms. The molecular weight excluding hydrogens is 300 g/mol. The van der Waals surface area contributed by atoms with Crippen molar-refractivity contribution in [3.63, 3.8) is 0 Å². The maximum Gasteiger partial charge on any atom is 0.257 e. The van der Waals surface area contributed by atoms with Crippen LogP contribution in [0.5, 0.6) is 0 Å². The fraction of sp³-hybridized carbons (Fsp3) is 0.211. The first kappa shape index (κ1) is 15.9. The van der Waals surface area contributed by atoms with Crippen LogP contribution in [-0.2, 0) is 7.05 Å². The van der Waals surface area contributed by atoms with E-state index in [4.69, 9.17) is 0 Å². The average molecular weight is 320 g/mol. The summed E-state index contributed by atoms with van der Waals surface area (Å²) >= 11 is 0. The number of aryl methyl sites for hydroxylation is 1. The number of carbonyl (C=O) groups is 1. The fourth-order valence-electron chi connectivity index (χ4n) is 2.51. The summed E-state index contributed by atoms with van der Waals surface area (Å²) in [6.07, 6.45) is 5.14. The van der Waals surface area contributed by atoms with Crippen molar-refractivity contribution in [3.8, 4) is 11.3 Å². The molecular formula is C19H20N4O. The van der Waals surface area contributed by atoms with E-state index in [1.54, 1.807) is 23.3 Å². The quantitative estimate of drug-likeness (QED) is 0.794. The van der Waals surface area contributed by atoms with Crippen LogP contribution in [0.2, 0.25) is 0 Å². The van der Waals surface area contributed by atoms with E-state index < -0.39 is 0 Å². The molecule has 0 aliphatic carbocycles. The molecule has 0 bridgehead atoms. The van der Waals surface area contributed by atoms with E-state index in [0.29, 0.717) is 11.5 Å². The summed E-state index contributed by atoms with van der Waals surface area (Å²) in [5, 5.41) is 7.12. The van der Waals surface area contributed by atoms with Gasteiger partial charge in [-0.15, -0.1) is 0 Å². The van der Waals surface area contributed by atoms with E-state index in [9.17, 15) is 4.79 Å². The van der Waals surface area contributed by atoms with E-state index >= 15 is 0 Å². The Bertz CT molecular complexity index is 867. The highest BCUT2D eigenvalue weighted by atomic mass is 16.1. The summed E-state index contributed by atoms with van der Waals surface area (Å²) in [5.41, 5.74) is 4.35. The SMILES string of the molecule is CC(C)c1cncc(C(=O)Nc2cccc(-c3ccnn3C)c2)c1. The van der Waals surface area contributed by atoms with Crippen molar-refractivity contribution in [3.05, 3.63) is 66.1 Å². The van der Waals surface area contributed by atoms with Crippen LogP contribution in [0.4, 0.5) is 5.69 Å². The van der Waals surface area contributed by atoms with Gasteiger partial charge in [0.15, 0.2) is 0 Å². The van der Waals surface area contributed by atoms with E-state index in [-0.39, 0.29) is 5.91 Å². The van der Waals surface area contributed by atoms with Gasteiger partial charge in [0, 0.05) is 36.9 Å². The van der Waals surface area contributed by atoms with E-state index in [1.807, 2.05) is 43.4 Å². The maximum absolute atomic E-state index is 12.5. The Balaban J connectivity index is 1.82. The summed E-state index contributed by atoms with van der Waals surface area (Å²) in [5.74, 6) is 0.172. The number of aromatic nitrogens is 3. The monoisotopic (exact) mass is 320 g/mol. The summed E-state index contributed by atoms with van der Waals surface area (Å²) < 4.78 is 1.80. The van der Waals surface area contributed by atoms with Crippen molar-refractivity contribution in [2.45, 2.75) is 19.8 Å². The molecule has 2 aromatic heterocycles. The molecule has 0 saturated carbocycles. The summed E-state index contributed by atoms with van der Waals surface area (Å²) in [4.78, 5) is 16.7. The lowest BCUT2D eigenvalue weighted by atomic mass is 10.0. The lowest BCUT2D eigenvalue weighted by Crippen LogP contribution is -2.13. The predicted octanol–water partition coefficient (Wildman–Crippen LogP) is 3.86. The topological polar surface area (TPSA) is 59.8 Å². The normalized spacial score (nSPS) is 10.8. The van der Waals surface area contributed by atoms with Crippen molar-refractivity contribution < 1.29 is 4.79 Å². The van der Waals surface area contributed by atoms with Crippen LogP contribution < -0.4 is 5.32 Å². The van der Waals surface area contributed by atoms with E-state index in [1.165, 1.54) is 0 Å². The number of nitrogens with zero attached hydrogens (tertiary/aromatic N) is 3. The van der Waals surface area contributed by atoms with E-state index in [0.717, 1.165) is 22.5 Å². The minimum Gasteiger partial charge on any atom is -0.322 e. The number of carbonyl (C=O) groups excluding carboxylic acids is 1. The Morgan fingerprint density at radius 1 is 1.17 bits per heavy atom. The van der Waals surface area contributed by atoms with Crippen molar-refractivity contribution >= 4 is 11.6 Å². The minimum absolute atomic E-state index is 0.160. The summed E-state index contributed by atoms with van der Waals surface area (Å²) in [7, 11) is 1.89. The lowest BCUT2D eigenvalue weighted by Gasteiger charge is -2.10. The molecule has 0 radical (unpaired) electrons. The van der Waals surface area contributed by atoms with Gasteiger partial charge in [-0.25, -0.2) is 0 Å². The molecule has 3 rings (SSSR count). The molecule has 5 nitrogen and oxygen atoms in total. The van der Waals surface area contributed by atoms with Crippen LogP contribution in [0.15, 0.2) is 55.0 Å². The largest absolute Gasteiger partial charge is 0.322 e. The van der Waals surface area contributed by atoms with Gasteiger partial charge >= 0.3 is 0 Å². The fourth-order valence-corrected chi connectivity index (χ4v) is 2.51. The first-order valence-corrected chi connectivity index (χ1v) is 7.89. The second-order valence-electron chi connectivity index (χ2n) is 6.04. The van der Waals surface area contributed by atoms with Gasteiger partial charge in [0.05, 0.1) is 11.3 Å². The molecule has 0 atom stereocenters. The van der Waals surface area contributed by atoms with Crippen LogP contribution in [0.3, 0.4) is 0 Å². The van der Waals surface area contributed by atoms with Crippen LogP contribution in [-0.4, -0.2) is 20.7 Å². The highest BCUT2D eigenvalue weighted by molar-refractivity contribution is 6.04. The van der Waals surface area contributed by atoms with Crippen molar-refractivity contribution in [1.82, 2.24) is 14.8 Å². The van der Waals surface area contributed by atoms with Crippen molar-refractivity contribution in [2.24, 2.45) is 7.05 Å². The van der Waals surface area contributed by atoms with E-state index in [2.05, 4.69) is 29.2 Å². The number of hydrogen-bond acceptors (Lipinski definition) is 3.